The third-order valence-corrected chi connectivity index (χ3v) is 7.13. The summed E-state index contributed by atoms with van der Waals surface area (Å²) in [6.07, 6.45) is 2.90. The number of benzene rings is 2. The average molecular weight is 421 g/mol. The highest BCUT2D eigenvalue weighted by Gasteiger charge is 2.58. The Morgan fingerprint density at radius 1 is 0.871 bits per heavy atom. The molecule has 0 N–H and O–H groups in total. The molecular weight excluding hydrogens is 398 g/mol. The fourth-order valence-corrected chi connectivity index (χ4v) is 5.59. The summed E-state index contributed by atoms with van der Waals surface area (Å²) in [5.41, 5.74) is 2.98. The van der Waals surface area contributed by atoms with Gasteiger partial charge in [-0.15, -0.1) is 0 Å². The quantitative estimate of drug-likeness (QED) is 0.743. The van der Waals surface area contributed by atoms with E-state index < -0.39 is 5.41 Å². The minimum absolute atomic E-state index is 0.0398. The molecule has 1 saturated heterocycles. The third kappa shape index (κ3) is 2.35. The normalized spacial score (nSPS) is 27.2. The van der Waals surface area contributed by atoms with Gasteiger partial charge >= 0.3 is 0 Å². The maximum Gasteiger partial charge on any atom is 0.245 e. The van der Waals surface area contributed by atoms with Crippen LogP contribution in [-0.4, -0.2) is 51.6 Å². The molecule has 5 aliphatic rings. The summed E-state index contributed by atoms with van der Waals surface area (Å²) in [6, 6.07) is 8.00. The predicted molar refractivity (Wildman–Crippen MR) is 111 cm³/mol. The largest absolute Gasteiger partial charge is 0.493 e. The second-order valence-electron chi connectivity index (χ2n) is 8.81. The third-order valence-electron chi connectivity index (χ3n) is 7.13. The number of amides is 1. The Kier molecular flexibility index (Phi) is 3.60. The average Bonchev–Trinajstić information content (AvgIpc) is 3.57. The fraction of sp³-hybridized carbons (Fsp3) is 0.458. The number of hydrogen-bond donors (Lipinski definition) is 0. The molecule has 0 saturated carbocycles. The van der Waals surface area contributed by atoms with Gasteiger partial charge in [0, 0.05) is 36.3 Å². The van der Waals surface area contributed by atoms with Crippen molar-refractivity contribution in [1.29, 1.82) is 0 Å². The van der Waals surface area contributed by atoms with Crippen LogP contribution >= 0.6 is 0 Å². The maximum absolute atomic E-state index is 14.1. The Hall–Kier alpha value is -2.93. The summed E-state index contributed by atoms with van der Waals surface area (Å²) in [5.74, 6) is 3.01. The SMILES string of the molecule is O=C1N(CC2CCCO2)c2cc3c(cc2C12COc1cc4c(cc12)CCO4)OCCO3. The zero-order valence-electron chi connectivity index (χ0n) is 17.1. The number of fused-ring (bicyclic) bond motifs is 6. The van der Waals surface area contributed by atoms with Crippen LogP contribution in [0.4, 0.5) is 5.69 Å². The lowest BCUT2D eigenvalue weighted by Gasteiger charge is -2.25. The number of nitrogens with zero attached hydrogens (tertiary/aromatic N) is 1. The van der Waals surface area contributed by atoms with Crippen molar-refractivity contribution in [3.63, 3.8) is 0 Å². The first-order valence-corrected chi connectivity index (χ1v) is 11.0. The molecule has 160 valence electrons. The van der Waals surface area contributed by atoms with Gasteiger partial charge in [-0.1, -0.05) is 0 Å². The predicted octanol–water partition coefficient (Wildman–Crippen LogP) is 2.60. The minimum Gasteiger partial charge on any atom is -0.493 e. The van der Waals surface area contributed by atoms with Gasteiger partial charge in [-0.05, 0) is 30.5 Å². The summed E-state index contributed by atoms with van der Waals surface area (Å²) in [6.45, 7) is 3.25. The Bertz CT molecular complexity index is 1110. The van der Waals surface area contributed by atoms with E-state index >= 15 is 0 Å². The summed E-state index contributed by atoms with van der Waals surface area (Å²) >= 11 is 0. The molecule has 2 aromatic rings. The van der Waals surface area contributed by atoms with Crippen LogP contribution in [-0.2, 0) is 21.4 Å². The number of carbonyl (C=O) groups excluding carboxylic acids is 1. The van der Waals surface area contributed by atoms with Gasteiger partial charge < -0.3 is 28.6 Å². The van der Waals surface area contributed by atoms with Crippen LogP contribution < -0.4 is 23.8 Å². The van der Waals surface area contributed by atoms with Crippen molar-refractivity contribution in [2.75, 3.05) is 44.5 Å². The van der Waals surface area contributed by atoms with Gasteiger partial charge in [0.05, 0.1) is 24.9 Å². The molecule has 5 heterocycles. The van der Waals surface area contributed by atoms with E-state index in [1.807, 2.05) is 23.1 Å². The molecule has 5 aliphatic heterocycles. The molecule has 0 bridgehead atoms. The molecule has 31 heavy (non-hydrogen) atoms. The van der Waals surface area contributed by atoms with Gasteiger partial charge in [0.1, 0.15) is 36.7 Å². The van der Waals surface area contributed by atoms with Crippen molar-refractivity contribution in [2.24, 2.45) is 0 Å². The van der Waals surface area contributed by atoms with Crippen LogP contribution in [0.3, 0.4) is 0 Å². The highest BCUT2D eigenvalue weighted by Crippen LogP contribution is 2.56. The first-order chi connectivity index (χ1) is 15.2. The molecular formula is C24H23NO6. The van der Waals surface area contributed by atoms with Crippen LogP contribution in [0.2, 0.25) is 0 Å². The second-order valence-corrected chi connectivity index (χ2v) is 8.81. The lowest BCUT2D eigenvalue weighted by Crippen LogP contribution is -2.45. The molecule has 7 nitrogen and oxygen atoms in total. The smallest absolute Gasteiger partial charge is 0.245 e. The van der Waals surface area contributed by atoms with Crippen LogP contribution in [0.5, 0.6) is 23.0 Å². The number of carbonyl (C=O) groups is 1. The van der Waals surface area contributed by atoms with Crippen LogP contribution in [0.15, 0.2) is 24.3 Å². The molecule has 0 aromatic heterocycles. The van der Waals surface area contributed by atoms with E-state index in [0.717, 1.165) is 59.7 Å². The van der Waals surface area contributed by atoms with E-state index in [2.05, 4.69) is 6.07 Å². The number of rotatable bonds is 2. The lowest BCUT2D eigenvalue weighted by atomic mass is 9.76. The van der Waals surface area contributed by atoms with E-state index in [1.165, 1.54) is 0 Å². The second kappa shape index (κ2) is 6.29. The summed E-state index contributed by atoms with van der Waals surface area (Å²) in [4.78, 5) is 16.0. The molecule has 2 atom stereocenters. The van der Waals surface area contributed by atoms with E-state index in [1.54, 1.807) is 0 Å². The van der Waals surface area contributed by atoms with Gasteiger partial charge in [0.25, 0.3) is 0 Å². The van der Waals surface area contributed by atoms with Gasteiger partial charge in [0.15, 0.2) is 11.5 Å². The Morgan fingerprint density at radius 3 is 2.55 bits per heavy atom. The highest BCUT2D eigenvalue weighted by molar-refractivity contribution is 6.12. The van der Waals surface area contributed by atoms with Gasteiger partial charge in [-0.2, -0.15) is 0 Å². The molecule has 7 rings (SSSR count). The molecule has 2 unspecified atom stereocenters. The molecule has 0 radical (unpaired) electrons. The molecule has 0 aliphatic carbocycles. The van der Waals surface area contributed by atoms with Crippen molar-refractivity contribution in [3.05, 3.63) is 41.0 Å². The standard InChI is InChI=1S/C24H23NO6/c26-23-24(13-31-20-11-19-14(3-5-28-19)8-17(20)24)16-9-21-22(30-7-6-29-21)10-18(16)25(23)12-15-2-1-4-27-15/h8-11,15H,1-7,12-13H2. The molecule has 2 aromatic carbocycles. The van der Waals surface area contributed by atoms with Crippen molar-refractivity contribution < 1.29 is 28.5 Å². The summed E-state index contributed by atoms with van der Waals surface area (Å²) < 4.78 is 29.4. The molecule has 1 fully saturated rings. The highest BCUT2D eigenvalue weighted by atomic mass is 16.6. The van der Waals surface area contributed by atoms with Gasteiger partial charge in [-0.25, -0.2) is 0 Å². The number of hydrogen-bond acceptors (Lipinski definition) is 6. The Labute approximate surface area is 179 Å². The van der Waals surface area contributed by atoms with Crippen molar-refractivity contribution >= 4 is 11.6 Å². The summed E-state index contributed by atoms with van der Waals surface area (Å²) in [7, 11) is 0. The van der Waals surface area contributed by atoms with Gasteiger partial charge in [0.2, 0.25) is 5.91 Å². The molecule has 7 heteroatoms. The zero-order valence-corrected chi connectivity index (χ0v) is 17.1. The van der Waals surface area contributed by atoms with Crippen molar-refractivity contribution in [3.8, 4) is 23.0 Å². The van der Waals surface area contributed by atoms with E-state index in [-0.39, 0.29) is 18.6 Å². The zero-order chi connectivity index (χ0) is 20.6. The Morgan fingerprint density at radius 2 is 1.71 bits per heavy atom. The molecule has 1 amide bonds. The number of ether oxygens (including phenoxy) is 5. The maximum atomic E-state index is 14.1. The van der Waals surface area contributed by atoms with E-state index in [0.29, 0.717) is 37.9 Å². The fourth-order valence-electron chi connectivity index (χ4n) is 5.59. The van der Waals surface area contributed by atoms with Crippen LogP contribution in [0.25, 0.3) is 0 Å². The van der Waals surface area contributed by atoms with Crippen LogP contribution in [0.1, 0.15) is 29.5 Å². The topological polar surface area (TPSA) is 66.5 Å². The monoisotopic (exact) mass is 421 g/mol. The number of anilines is 1. The van der Waals surface area contributed by atoms with Crippen molar-refractivity contribution in [2.45, 2.75) is 30.8 Å². The molecule has 1 spiro atoms. The van der Waals surface area contributed by atoms with E-state index in [9.17, 15) is 4.79 Å². The van der Waals surface area contributed by atoms with E-state index in [4.69, 9.17) is 23.7 Å². The van der Waals surface area contributed by atoms with Gasteiger partial charge in [-0.3, -0.25) is 4.79 Å². The Balaban J connectivity index is 1.41. The van der Waals surface area contributed by atoms with Crippen molar-refractivity contribution in [1.82, 2.24) is 0 Å². The lowest BCUT2D eigenvalue weighted by molar-refractivity contribution is -0.122. The summed E-state index contributed by atoms with van der Waals surface area (Å²) in [5, 5.41) is 0. The first-order valence-electron chi connectivity index (χ1n) is 11.0. The first kappa shape index (κ1) is 17.7. The van der Waals surface area contributed by atoms with Crippen LogP contribution in [0, 0.1) is 0 Å². The minimum atomic E-state index is -0.878.